The van der Waals surface area contributed by atoms with Crippen molar-refractivity contribution in [3.05, 3.63) is 12.2 Å². The zero-order valence-electron chi connectivity index (χ0n) is 25.6. The van der Waals surface area contributed by atoms with Crippen LogP contribution in [0.5, 0.6) is 0 Å². The van der Waals surface area contributed by atoms with E-state index in [4.69, 9.17) is 18.9 Å². The van der Waals surface area contributed by atoms with E-state index in [0.717, 1.165) is 4.90 Å². The first-order valence-corrected chi connectivity index (χ1v) is 13.7. The summed E-state index contributed by atoms with van der Waals surface area (Å²) in [5, 5.41) is 2.79. The summed E-state index contributed by atoms with van der Waals surface area (Å²) < 4.78 is 22.4. The lowest BCUT2D eigenvalue weighted by atomic mass is 9.82. The minimum Gasteiger partial charge on any atom is -0.469 e. The van der Waals surface area contributed by atoms with Gasteiger partial charge in [-0.05, 0) is 68.2 Å². The number of hydrogen-bond acceptors (Lipinski definition) is 9. The topological polar surface area (TPSA) is 138 Å². The van der Waals surface area contributed by atoms with Crippen molar-refractivity contribution < 1.29 is 42.9 Å². The van der Waals surface area contributed by atoms with E-state index in [2.05, 4.69) is 5.32 Å². The molecule has 0 unspecified atom stereocenters. The zero-order chi connectivity index (χ0) is 30.8. The van der Waals surface area contributed by atoms with Gasteiger partial charge in [0, 0.05) is 38.1 Å². The van der Waals surface area contributed by atoms with Gasteiger partial charge in [0.1, 0.15) is 5.60 Å². The molecule has 1 heterocycles. The molecule has 11 heteroatoms. The molecular weight excluding hydrogens is 520 g/mol. The van der Waals surface area contributed by atoms with Gasteiger partial charge in [-0.25, -0.2) is 0 Å². The maximum absolute atomic E-state index is 12.4. The van der Waals surface area contributed by atoms with Crippen LogP contribution in [-0.2, 0) is 42.9 Å². The molecule has 1 rings (SSSR count). The van der Waals surface area contributed by atoms with Crippen molar-refractivity contribution in [2.24, 2.45) is 5.41 Å². The monoisotopic (exact) mass is 568 g/mol. The Morgan fingerprint density at radius 2 is 1.35 bits per heavy atom. The van der Waals surface area contributed by atoms with Crippen LogP contribution in [0.2, 0.25) is 0 Å². The van der Waals surface area contributed by atoms with Crippen LogP contribution in [0.3, 0.4) is 0 Å². The number of carbonyl (C=O) groups excluding carboxylic acids is 5. The molecule has 3 amide bonds. The van der Waals surface area contributed by atoms with Crippen LogP contribution in [0.1, 0.15) is 87.5 Å². The number of amides is 3. The van der Waals surface area contributed by atoms with Gasteiger partial charge in [0.2, 0.25) is 5.91 Å². The third-order valence-electron chi connectivity index (χ3n) is 6.50. The number of rotatable bonds is 18. The van der Waals surface area contributed by atoms with E-state index in [0.29, 0.717) is 32.4 Å². The van der Waals surface area contributed by atoms with Crippen LogP contribution >= 0.6 is 0 Å². The second-order valence-electron chi connectivity index (χ2n) is 12.5. The molecule has 1 N–H and O–H groups in total. The first-order chi connectivity index (χ1) is 18.3. The molecule has 0 atom stereocenters. The van der Waals surface area contributed by atoms with Crippen LogP contribution in [0, 0.1) is 5.41 Å². The number of ether oxygens (including phenoxy) is 4. The van der Waals surface area contributed by atoms with Crippen molar-refractivity contribution in [3.63, 3.8) is 0 Å². The fourth-order valence-electron chi connectivity index (χ4n) is 4.39. The molecule has 0 aliphatic carbocycles. The molecule has 0 spiro atoms. The van der Waals surface area contributed by atoms with Gasteiger partial charge in [0.05, 0.1) is 43.4 Å². The van der Waals surface area contributed by atoms with E-state index in [1.54, 1.807) is 27.7 Å². The van der Waals surface area contributed by atoms with E-state index in [1.807, 2.05) is 27.7 Å². The molecule has 0 fully saturated rings. The number of esters is 2. The first kappa shape index (κ1) is 35.2. The smallest absolute Gasteiger partial charge is 0.311 e. The van der Waals surface area contributed by atoms with Crippen LogP contribution in [0.25, 0.3) is 0 Å². The molecule has 1 aliphatic rings. The van der Waals surface area contributed by atoms with Gasteiger partial charge >= 0.3 is 11.9 Å². The SMILES string of the molecule is COC(=O)C(C)(C)CC(C)(C)OC(=O)CCOC(C)(C)CCOC(C)(C)CCNC(=O)CCN1C(=O)C=CC1=O. The van der Waals surface area contributed by atoms with Crippen molar-refractivity contribution in [2.45, 2.75) is 104 Å². The van der Waals surface area contributed by atoms with E-state index in [9.17, 15) is 24.0 Å². The zero-order valence-corrected chi connectivity index (χ0v) is 25.6. The van der Waals surface area contributed by atoms with E-state index in [1.165, 1.54) is 19.3 Å². The predicted molar refractivity (Wildman–Crippen MR) is 148 cm³/mol. The highest BCUT2D eigenvalue weighted by Gasteiger charge is 2.38. The summed E-state index contributed by atoms with van der Waals surface area (Å²) in [5.41, 5.74) is -2.66. The average Bonchev–Trinajstić information content (AvgIpc) is 3.12. The second-order valence-corrected chi connectivity index (χ2v) is 12.5. The lowest BCUT2D eigenvalue weighted by Crippen LogP contribution is -2.38. The van der Waals surface area contributed by atoms with Crippen molar-refractivity contribution in [1.29, 1.82) is 0 Å². The van der Waals surface area contributed by atoms with Gasteiger partial charge in [-0.15, -0.1) is 0 Å². The van der Waals surface area contributed by atoms with E-state index in [-0.39, 0.29) is 37.9 Å². The number of carbonyl (C=O) groups is 5. The lowest BCUT2D eigenvalue weighted by Gasteiger charge is -2.33. The highest BCUT2D eigenvalue weighted by atomic mass is 16.6. The molecule has 228 valence electrons. The van der Waals surface area contributed by atoms with Gasteiger partial charge in [-0.2, -0.15) is 0 Å². The third kappa shape index (κ3) is 13.0. The molecule has 1 aliphatic heterocycles. The Morgan fingerprint density at radius 3 is 1.93 bits per heavy atom. The number of nitrogens with zero attached hydrogens (tertiary/aromatic N) is 1. The summed E-state index contributed by atoms with van der Waals surface area (Å²) in [7, 11) is 1.33. The Balaban J connectivity index is 2.30. The standard InChI is InChI=1S/C29H48N2O9/c1-26(2,25(36)37-9)20-29(7,8)40-24(35)13-18-38-28(5,6)15-19-39-27(3,4)14-16-30-21(32)12-17-31-22(33)10-11-23(31)34/h10-11H,12-20H2,1-9H3,(H,30,32). The summed E-state index contributed by atoms with van der Waals surface area (Å²) >= 11 is 0. The normalized spacial score (nSPS) is 14.5. The fraction of sp³-hybridized carbons (Fsp3) is 0.759. The number of imide groups is 1. The van der Waals surface area contributed by atoms with Gasteiger partial charge in [0.15, 0.2) is 0 Å². The van der Waals surface area contributed by atoms with E-state index < -0.39 is 40.0 Å². The van der Waals surface area contributed by atoms with Crippen molar-refractivity contribution in [3.8, 4) is 0 Å². The summed E-state index contributed by atoms with van der Waals surface area (Å²) in [4.78, 5) is 60.6. The van der Waals surface area contributed by atoms with Crippen molar-refractivity contribution >= 4 is 29.7 Å². The van der Waals surface area contributed by atoms with Crippen LogP contribution in [0.4, 0.5) is 0 Å². The minimum atomic E-state index is -0.841. The van der Waals surface area contributed by atoms with Gasteiger partial charge in [0.25, 0.3) is 11.8 Å². The highest BCUT2D eigenvalue weighted by molar-refractivity contribution is 6.13. The molecule has 11 nitrogen and oxygen atoms in total. The summed E-state index contributed by atoms with van der Waals surface area (Å²) in [6, 6.07) is 0. The summed E-state index contributed by atoms with van der Waals surface area (Å²) in [6.45, 7) is 15.8. The van der Waals surface area contributed by atoms with Gasteiger partial charge in [-0.3, -0.25) is 28.9 Å². The number of nitrogens with one attached hydrogen (secondary N) is 1. The minimum absolute atomic E-state index is 0.0441. The van der Waals surface area contributed by atoms with Crippen LogP contribution in [0.15, 0.2) is 12.2 Å². The quantitative estimate of drug-likeness (QED) is 0.195. The van der Waals surface area contributed by atoms with Crippen LogP contribution in [-0.4, -0.2) is 84.8 Å². The molecule has 0 saturated carbocycles. The lowest BCUT2D eigenvalue weighted by molar-refractivity contribution is -0.167. The fourth-order valence-corrected chi connectivity index (χ4v) is 4.39. The number of hydrogen-bond donors (Lipinski definition) is 1. The Kier molecular flexibility index (Phi) is 13.0. The maximum Gasteiger partial charge on any atom is 0.311 e. The Hall–Kier alpha value is -2.79. The molecule has 0 aromatic carbocycles. The van der Waals surface area contributed by atoms with Gasteiger partial charge < -0.3 is 24.3 Å². The summed E-state index contributed by atoms with van der Waals surface area (Å²) in [6.07, 6.45) is 3.98. The molecular formula is C29H48N2O9. The maximum atomic E-state index is 12.4. The van der Waals surface area contributed by atoms with Gasteiger partial charge in [-0.1, -0.05) is 0 Å². The molecule has 0 saturated heterocycles. The Morgan fingerprint density at radius 1 is 0.800 bits per heavy atom. The predicted octanol–water partition coefficient (Wildman–Crippen LogP) is 3.09. The first-order valence-electron chi connectivity index (χ1n) is 13.7. The third-order valence-corrected chi connectivity index (χ3v) is 6.50. The van der Waals surface area contributed by atoms with Crippen molar-refractivity contribution in [2.75, 3.05) is 33.4 Å². The summed E-state index contributed by atoms with van der Waals surface area (Å²) in [5.74, 6) is -1.82. The molecule has 0 radical (unpaired) electrons. The Labute approximate surface area is 238 Å². The molecule has 40 heavy (non-hydrogen) atoms. The van der Waals surface area contributed by atoms with Crippen molar-refractivity contribution in [1.82, 2.24) is 10.2 Å². The van der Waals surface area contributed by atoms with E-state index >= 15 is 0 Å². The largest absolute Gasteiger partial charge is 0.469 e. The molecule has 0 aromatic heterocycles. The molecule has 0 bridgehead atoms. The molecule has 0 aromatic rings. The van der Waals surface area contributed by atoms with Crippen LogP contribution < -0.4 is 5.32 Å². The second kappa shape index (κ2) is 14.7. The average molecular weight is 569 g/mol. The number of methoxy groups -OCH3 is 1. The Bertz CT molecular complexity index is 933. The highest BCUT2D eigenvalue weighted by Crippen LogP contribution is 2.31.